The minimum atomic E-state index is -0.562. The molecule has 0 aliphatic carbocycles. The molecule has 0 aliphatic heterocycles. The molecule has 1 heterocycles. The van der Waals surface area contributed by atoms with Gasteiger partial charge in [0.05, 0.1) is 4.92 Å². The number of amides is 1. The Hall–Kier alpha value is -2.71. The van der Waals surface area contributed by atoms with Gasteiger partial charge in [0.25, 0.3) is 11.6 Å². The second-order valence-corrected chi connectivity index (χ2v) is 7.01. The summed E-state index contributed by atoms with van der Waals surface area (Å²) in [5, 5.41) is 14.5. The number of aromatic nitrogens is 1. The van der Waals surface area contributed by atoms with Gasteiger partial charge in [-0.05, 0) is 12.3 Å². The molecule has 1 amide bonds. The molecule has 8 heteroatoms. The van der Waals surface area contributed by atoms with Crippen LogP contribution in [0.4, 0.5) is 10.7 Å². The topological polar surface area (TPSA) is 85.1 Å². The summed E-state index contributed by atoms with van der Waals surface area (Å²) in [5.74, 6) is -0.527. The lowest BCUT2D eigenvalue weighted by Gasteiger charge is -2.06. The van der Waals surface area contributed by atoms with E-state index in [2.05, 4.69) is 10.3 Å². The molecule has 126 valence electrons. The molecule has 3 rings (SSSR count). The second kappa shape index (κ2) is 7.45. The van der Waals surface area contributed by atoms with E-state index in [-0.39, 0.29) is 11.3 Å². The van der Waals surface area contributed by atoms with Gasteiger partial charge in [0.15, 0.2) is 4.34 Å². The van der Waals surface area contributed by atoms with Gasteiger partial charge < -0.3 is 5.32 Å². The molecule has 0 aliphatic rings. The Bertz CT molecular complexity index is 926. The molecule has 1 aromatic heterocycles. The standard InChI is InChI=1S/C17H13N3O3S2/c1-24-17-18-14(11-7-3-2-4-8-11)16(25-17)19-15(21)12-9-5-6-10-13(12)20(22)23/h2-10H,1H3,(H,19,21). The Kier molecular flexibility index (Phi) is 5.11. The van der Waals surface area contributed by atoms with Crippen LogP contribution in [0.15, 0.2) is 58.9 Å². The van der Waals surface area contributed by atoms with Crippen molar-refractivity contribution in [2.45, 2.75) is 4.34 Å². The number of carbonyl (C=O) groups is 1. The van der Waals surface area contributed by atoms with Crippen LogP contribution < -0.4 is 5.32 Å². The first kappa shape index (κ1) is 17.1. The highest BCUT2D eigenvalue weighted by molar-refractivity contribution is 8.00. The lowest BCUT2D eigenvalue weighted by atomic mass is 10.1. The summed E-state index contributed by atoms with van der Waals surface area (Å²) >= 11 is 2.82. The normalized spacial score (nSPS) is 10.4. The predicted octanol–water partition coefficient (Wildman–Crippen LogP) is 4.69. The Labute approximate surface area is 152 Å². The van der Waals surface area contributed by atoms with Crippen LogP contribution in [0.3, 0.4) is 0 Å². The Morgan fingerprint density at radius 1 is 1.16 bits per heavy atom. The van der Waals surface area contributed by atoms with E-state index < -0.39 is 10.8 Å². The number of hydrogen-bond donors (Lipinski definition) is 1. The second-order valence-electron chi connectivity index (χ2n) is 4.96. The van der Waals surface area contributed by atoms with Crippen molar-refractivity contribution in [1.82, 2.24) is 4.98 Å². The molecular formula is C17H13N3O3S2. The first-order valence-electron chi connectivity index (χ1n) is 7.25. The molecule has 0 fully saturated rings. The van der Waals surface area contributed by atoms with E-state index in [1.54, 1.807) is 6.07 Å². The molecule has 0 saturated heterocycles. The van der Waals surface area contributed by atoms with E-state index >= 15 is 0 Å². The fraction of sp³-hybridized carbons (Fsp3) is 0.0588. The number of thiazole rings is 1. The lowest BCUT2D eigenvalue weighted by molar-refractivity contribution is -0.385. The van der Waals surface area contributed by atoms with Crippen LogP contribution >= 0.6 is 23.1 Å². The summed E-state index contributed by atoms with van der Waals surface area (Å²) in [4.78, 5) is 27.7. The van der Waals surface area contributed by atoms with Gasteiger partial charge in [-0.1, -0.05) is 65.6 Å². The van der Waals surface area contributed by atoms with Crippen LogP contribution in [0.2, 0.25) is 0 Å². The predicted molar refractivity (Wildman–Crippen MR) is 100 cm³/mol. The molecule has 3 aromatic rings. The Morgan fingerprint density at radius 3 is 2.52 bits per heavy atom. The average molecular weight is 371 g/mol. The fourth-order valence-electron chi connectivity index (χ4n) is 2.26. The molecule has 0 unspecified atom stereocenters. The molecule has 0 spiro atoms. The van der Waals surface area contributed by atoms with Gasteiger partial charge in [-0.2, -0.15) is 0 Å². The van der Waals surface area contributed by atoms with Crippen LogP contribution in [-0.2, 0) is 0 Å². The average Bonchev–Trinajstić information content (AvgIpc) is 3.05. The number of nitrogens with zero attached hydrogens (tertiary/aromatic N) is 2. The van der Waals surface area contributed by atoms with Crippen molar-refractivity contribution in [2.24, 2.45) is 0 Å². The molecule has 6 nitrogen and oxygen atoms in total. The monoisotopic (exact) mass is 371 g/mol. The summed E-state index contributed by atoms with van der Waals surface area (Å²) in [7, 11) is 0. The largest absolute Gasteiger partial charge is 0.311 e. The summed E-state index contributed by atoms with van der Waals surface area (Å²) < 4.78 is 0.803. The van der Waals surface area contributed by atoms with Crippen LogP contribution in [-0.4, -0.2) is 22.1 Å². The van der Waals surface area contributed by atoms with Gasteiger partial charge in [0.2, 0.25) is 0 Å². The number of nitro benzene ring substituents is 1. The quantitative estimate of drug-likeness (QED) is 0.399. The molecule has 1 N–H and O–H groups in total. The van der Waals surface area contributed by atoms with Crippen LogP contribution in [0.25, 0.3) is 11.3 Å². The first-order chi connectivity index (χ1) is 12.1. The Morgan fingerprint density at radius 2 is 1.84 bits per heavy atom. The third-order valence-corrected chi connectivity index (χ3v) is 5.36. The summed E-state index contributed by atoms with van der Waals surface area (Å²) in [6.07, 6.45) is 1.90. The molecule has 2 aromatic carbocycles. The number of benzene rings is 2. The smallest absolute Gasteiger partial charge is 0.282 e. The molecule has 0 bridgehead atoms. The van der Waals surface area contributed by atoms with Crippen molar-refractivity contribution in [3.05, 3.63) is 70.3 Å². The molecule has 25 heavy (non-hydrogen) atoms. The van der Waals surface area contributed by atoms with E-state index in [0.717, 1.165) is 9.90 Å². The SMILES string of the molecule is CSc1nc(-c2ccccc2)c(NC(=O)c2ccccc2[N+](=O)[O-])s1. The van der Waals surface area contributed by atoms with Crippen molar-refractivity contribution in [3.63, 3.8) is 0 Å². The zero-order valence-corrected chi connectivity index (χ0v) is 14.8. The van der Waals surface area contributed by atoms with E-state index in [0.29, 0.717) is 10.7 Å². The first-order valence-corrected chi connectivity index (χ1v) is 9.29. The maximum Gasteiger partial charge on any atom is 0.282 e. The van der Waals surface area contributed by atoms with Crippen molar-refractivity contribution in [1.29, 1.82) is 0 Å². The number of para-hydroxylation sites is 1. The number of rotatable bonds is 5. The third kappa shape index (κ3) is 3.70. The van der Waals surface area contributed by atoms with Crippen LogP contribution in [0.1, 0.15) is 10.4 Å². The zero-order chi connectivity index (χ0) is 17.8. The van der Waals surface area contributed by atoms with E-state index in [1.165, 1.54) is 41.3 Å². The fourth-order valence-corrected chi connectivity index (χ4v) is 3.74. The van der Waals surface area contributed by atoms with Gasteiger partial charge >= 0.3 is 0 Å². The van der Waals surface area contributed by atoms with Gasteiger partial charge in [0, 0.05) is 11.6 Å². The number of thioether (sulfide) groups is 1. The number of nitrogens with one attached hydrogen (secondary N) is 1. The molecular weight excluding hydrogens is 358 g/mol. The highest BCUT2D eigenvalue weighted by Crippen LogP contribution is 2.37. The maximum absolute atomic E-state index is 12.6. The van der Waals surface area contributed by atoms with Crippen LogP contribution in [0.5, 0.6) is 0 Å². The van der Waals surface area contributed by atoms with Gasteiger partial charge in [-0.15, -0.1) is 0 Å². The zero-order valence-electron chi connectivity index (χ0n) is 13.1. The van der Waals surface area contributed by atoms with Crippen molar-refractivity contribution in [3.8, 4) is 11.3 Å². The van der Waals surface area contributed by atoms with Gasteiger partial charge in [-0.3, -0.25) is 14.9 Å². The minimum Gasteiger partial charge on any atom is -0.311 e. The molecule has 0 saturated carbocycles. The number of hydrogen-bond acceptors (Lipinski definition) is 6. The number of carbonyl (C=O) groups excluding carboxylic acids is 1. The van der Waals surface area contributed by atoms with Gasteiger partial charge in [0.1, 0.15) is 16.3 Å². The molecule has 0 atom stereocenters. The highest BCUT2D eigenvalue weighted by atomic mass is 32.2. The summed E-state index contributed by atoms with van der Waals surface area (Å²) in [6, 6.07) is 15.4. The highest BCUT2D eigenvalue weighted by Gasteiger charge is 2.22. The van der Waals surface area contributed by atoms with Gasteiger partial charge in [-0.25, -0.2) is 4.98 Å². The lowest BCUT2D eigenvalue weighted by Crippen LogP contribution is -2.13. The number of nitro groups is 1. The van der Waals surface area contributed by atoms with Crippen molar-refractivity contribution in [2.75, 3.05) is 11.6 Å². The van der Waals surface area contributed by atoms with Crippen molar-refractivity contribution >= 4 is 39.7 Å². The summed E-state index contributed by atoms with van der Waals surface area (Å²) in [6.45, 7) is 0. The molecule has 0 radical (unpaired) electrons. The summed E-state index contributed by atoms with van der Waals surface area (Å²) in [5.41, 5.74) is 1.32. The maximum atomic E-state index is 12.6. The Balaban J connectivity index is 1.97. The number of anilines is 1. The van der Waals surface area contributed by atoms with Crippen molar-refractivity contribution < 1.29 is 9.72 Å². The van der Waals surface area contributed by atoms with E-state index in [9.17, 15) is 14.9 Å². The third-order valence-electron chi connectivity index (χ3n) is 3.40. The van der Waals surface area contributed by atoms with E-state index in [1.807, 2.05) is 36.6 Å². The minimum absolute atomic E-state index is 0.0191. The van der Waals surface area contributed by atoms with Crippen LogP contribution in [0, 0.1) is 10.1 Å². The van der Waals surface area contributed by atoms with E-state index in [4.69, 9.17) is 0 Å².